The van der Waals surface area contributed by atoms with Crippen LogP contribution in [0, 0.1) is 10.1 Å². The lowest BCUT2D eigenvalue weighted by Gasteiger charge is -2.18. The monoisotopic (exact) mass is 335 g/mol. The number of rotatable bonds is 6. The zero-order chi connectivity index (χ0) is 16.8. The molecule has 0 aliphatic heterocycles. The van der Waals surface area contributed by atoms with E-state index in [1.165, 1.54) is 10.6 Å². The molecule has 4 heteroatoms. The van der Waals surface area contributed by atoms with Crippen LogP contribution < -0.4 is 10.6 Å². The van der Waals surface area contributed by atoms with E-state index in [2.05, 4.69) is 48.5 Å². The van der Waals surface area contributed by atoms with Crippen LogP contribution in [0.5, 0.6) is 0 Å². The van der Waals surface area contributed by atoms with Gasteiger partial charge in [0, 0.05) is 12.1 Å². The first-order valence-corrected chi connectivity index (χ1v) is 9.38. The Hall–Kier alpha value is -2.51. The second-order valence-electron chi connectivity index (χ2n) is 5.50. The van der Waals surface area contributed by atoms with Crippen molar-refractivity contribution >= 4 is 24.2 Å². The highest BCUT2D eigenvalue weighted by Crippen LogP contribution is 2.34. The Labute approximate surface area is 142 Å². The topological polar surface area (TPSA) is 43.1 Å². The van der Waals surface area contributed by atoms with Gasteiger partial charge in [0.15, 0.2) is 0 Å². The fraction of sp³-hybridized carbons (Fsp3) is 0.100. The summed E-state index contributed by atoms with van der Waals surface area (Å²) in [7, 11) is -0.469. The standard InChI is InChI=1S/C20H18NO2P/c22-21(23)18-9-7-8-17(16-18)14-15-24(19-10-3-1-4-11-19)20-12-5-2-6-13-20/h1-13,16H,14-15H2. The normalized spacial score (nSPS) is 10.7. The van der Waals surface area contributed by atoms with Gasteiger partial charge in [0.2, 0.25) is 0 Å². The number of benzene rings is 3. The Balaban J connectivity index is 1.83. The maximum Gasteiger partial charge on any atom is 0.269 e. The van der Waals surface area contributed by atoms with E-state index < -0.39 is 7.92 Å². The quantitative estimate of drug-likeness (QED) is 0.383. The van der Waals surface area contributed by atoms with Crippen LogP contribution >= 0.6 is 7.92 Å². The summed E-state index contributed by atoms with van der Waals surface area (Å²) in [5, 5.41) is 13.6. The van der Waals surface area contributed by atoms with Crippen LogP contribution in [-0.2, 0) is 6.42 Å². The van der Waals surface area contributed by atoms with E-state index in [9.17, 15) is 10.1 Å². The minimum absolute atomic E-state index is 0.163. The van der Waals surface area contributed by atoms with Gasteiger partial charge in [-0.25, -0.2) is 0 Å². The highest BCUT2D eigenvalue weighted by Gasteiger charge is 2.14. The van der Waals surface area contributed by atoms with Crippen molar-refractivity contribution in [3.05, 3.63) is 101 Å². The zero-order valence-electron chi connectivity index (χ0n) is 13.2. The summed E-state index contributed by atoms with van der Waals surface area (Å²) >= 11 is 0. The van der Waals surface area contributed by atoms with Crippen molar-refractivity contribution in [2.24, 2.45) is 0 Å². The number of hydrogen-bond donors (Lipinski definition) is 0. The van der Waals surface area contributed by atoms with Crippen molar-refractivity contribution in [1.29, 1.82) is 0 Å². The minimum atomic E-state index is -0.469. The van der Waals surface area contributed by atoms with Crippen LogP contribution in [0.3, 0.4) is 0 Å². The molecular weight excluding hydrogens is 317 g/mol. The summed E-state index contributed by atoms with van der Waals surface area (Å²) in [5.74, 6) is 0. The van der Waals surface area contributed by atoms with Gasteiger partial charge in [-0.1, -0.05) is 72.8 Å². The van der Waals surface area contributed by atoms with Gasteiger partial charge in [0.1, 0.15) is 0 Å². The van der Waals surface area contributed by atoms with Gasteiger partial charge in [-0.05, 0) is 36.7 Å². The maximum absolute atomic E-state index is 10.9. The molecule has 0 unspecified atom stereocenters. The summed E-state index contributed by atoms with van der Waals surface area (Å²) in [6.45, 7) is 0. The summed E-state index contributed by atoms with van der Waals surface area (Å²) < 4.78 is 0. The first-order valence-electron chi connectivity index (χ1n) is 7.85. The second kappa shape index (κ2) is 7.85. The Kier molecular flexibility index (Phi) is 5.35. The number of nitro benzene ring substituents is 1. The summed E-state index contributed by atoms with van der Waals surface area (Å²) in [6, 6.07) is 28.0. The van der Waals surface area contributed by atoms with Gasteiger partial charge in [-0.15, -0.1) is 0 Å². The Morgan fingerprint density at radius 1 is 0.792 bits per heavy atom. The predicted octanol–water partition coefficient (Wildman–Crippen LogP) is 4.27. The Bertz CT molecular complexity index is 767. The van der Waals surface area contributed by atoms with Crippen molar-refractivity contribution in [1.82, 2.24) is 0 Å². The summed E-state index contributed by atoms with van der Waals surface area (Å²) in [4.78, 5) is 10.6. The number of non-ortho nitro benzene ring substituents is 1. The van der Waals surface area contributed by atoms with Crippen molar-refractivity contribution < 1.29 is 4.92 Å². The van der Waals surface area contributed by atoms with Crippen molar-refractivity contribution in [3.8, 4) is 0 Å². The van der Waals surface area contributed by atoms with E-state index in [0.717, 1.165) is 18.1 Å². The fourth-order valence-corrected chi connectivity index (χ4v) is 5.05. The molecule has 120 valence electrons. The van der Waals surface area contributed by atoms with Crippen molar-refractivity contribution in [3.63, 3.8) is 0 Å². The summed E-state index contributed by atoms with van der Waals surface area (Å²) in [6.07, 6.45) is 1.81. The van der Waals surface area contributed by atoms with Crippen LogP contribution in [0.1, 0.15) is 5.56 Å². The third kappa shape index (κ3) is 4.06. The van der Waals surface area contributed by atoms with E-state index in [0.29, 0.717) is 0 Å². The molecule has 0 fully saturated rings. The van der Waals surface area contributed by atoms with Gasteiger partial charge in [0.25, 0.3) is 5.69 Å². The molecule has 3 aromatic carbocycles. The lowest BCUT2D eigenvalue weighted by Crippen LogP contribution is -2.14. The number of nitro groups is 1. The minimum Gasteiger partial charge on any atom is -0.258 e. The number of nitrogens with zero attached hydrogens (tertiary/aromatic N) is 1. The molecule has 0 aliphatic carbocycles. The molecular formula is C20H18NO2P. The third-order valence-electron chi connectivity index (χ3n) is 3.88. The molecule has 0 aliphatic rings. The smallest absolute Gasteiger partial charge is 0.258 e. The highest BCUT2D eigenvalue weighted by molar-refractivity contribution is 7.73. The molecule has 0 heterocycles. The lowest BCUT2D eigenvalue weighted by molar-refractivity contribution is -0.384. The van der Waals surface area contributed by atoms with Crippen molar-refractivity contribution in [2.75, 3.05) is 6.16 Å². The van der Waals surface area contributed by atoms with Crippen LogP contribution in [0.15, 0.2) is 84.9 Å². The molecule has 0 saturated heterocycles. The average molecular weight is 335 g/mol. The molecule has 24 heavy (non-hydrogen) atoms. The van der Waals surface area contributed by atoms with E-state index >= 15 is 0 Å². The summed E-state index contributed by atoms with van der Waals surface area (Å²) in [5.41, 5.74) is 1.18. The number of aryl methyl sites for hydroxylation is 1. The molecule has 3 nitrogen and oxygen atoms in total. The molecule has 0 radical (unpaired) electrons. The van der Waals surface area contributed by atoms with E-state index in [1.54, 1.807) is 18.2 Å². The van der Waals surface area contributed by atoms with E-state index in [4.69, 9.17) is 0 Å². The maximum atomic E-state index is 10.9. The largest absolute Gasteiger partial charge is 0.269 e. The van der Waals surface area contributed by atoms with Crippen LogP contribution in [0.25, 0.3) is 0 Å². The average Bonchev–Trinajstić information content (AvgIpc) is 2.64. The second-order valence-corrected chi connectivity index (χ2v) is 7.84. The fourth-order valence-electron chi connectivity index (χ4n) is 2.69. The lowest BCUT2D eigenvalue weighted by atomic mass is 10.1. The molecule has 0 bridgehead atoms. The van der Waals surface area contributed by atoms with E-state index in [-0.39, 0.29) is 10.6 Å². The molecule has 0 aromatic heterocycles. The number of hydrogen-bond acceptors (Lipinski definition) is 2. The van der Waals surface area contributed by atoms with Gasteiger partial charge >= 0.3 is 0 Å². The molecule has 3 aromatic rings. The molecule has 0 saturated carbocycles. The zero-order valence-corrected chi connectivity index (χ0v) is 14.1. The van der Waals surface area contributed by atoms with Gasteiger partial charge < -0.3 is 0 Å². The van der Waals surface area contributed by atoms with E-state index in [1.807, 2.05) is 18.2 Å². The Morgan fingerprint density at radius 3 is 1.92 bits per heavy atom. The van der Waals surface area contributed by atoms with Gasteiger partial charge in [0.05, 0.1) is 4.92 Å². The Morgan fingerprint density at radius 2 is 1.38 bits per heavy atom. The van der Waals surface area contributed by atoms with Gasteiger partial charge in [-0.3, -0.25) is 10.1 Å². The van der Waals surface area contributed by atoms with Gasteiger partial charge in [-0.2, -0.15) is 0 Å². The third-order valence-corrected chi connectivity index (χ3v) is 6.40. The van der Waals surface area contributed by atoms with Crippen LogP contribution in [0.2, 0.25) is 0 Å². The highest BCUT2D eigenvalue weighted by atomic mass is 31.1. The SMILES string of the molecule is O=[N+]([O-])c1cccc(CCP(c2ccccc2)c2ccccc2)c1. The molecule has 0 N–H and O–H groups in total. The molecule has 0 atom stereocenters. The first-order chi connectivity index (χ1) is 11.7. The first kappa shape index (κ1) is 16.4. The molecule has 0 amide bonds. The van der Waals surface area contributed by atoms with Crippen LogP contribution in [-0.4, -0.2) is 11.1 Å². The molecule has 0 spiro atoms. The van der Waals surface area contributed by atoms with Crippen LogP contribution in [0.4, 0.5) is 5.69 Å². The van der Waals surface area contributed by atoms with Crippen molar-refractivity contribution in [2.45, 2.75) is 6.42 Å². The molecule has 3 rings (SSSR count). The predicted molar refractivity (Wildman–Crippen MR) is 101 cm³/mol.